The Balaban J connectivity index is 3.01. The molecule has 0 aliphatic carbocycles. The Morgan fingerprint density at radius 2 is 1.53 bits per heavy atom. The van der Waals surface area contributed by atoms with E-state index in [-0.39, 0.29) is 0 Å². The lowest BCUT2D eigenvalue weighted by molar-refractivity contribution is -0.222. The predicted octanol–water partition coefficient (Wildman–Crippen LogP) is 2.80. The summed E-state index contributed by atoms with van der Waals surface area (Å²) in [6.45, 7) is -0.977. The topological polar surface area (TPSA) is 20.2 Å². The van der Waals surface area contributed by atoms with E-state index in [9.17, 15) is 17.6 Å². The van der Waals surface area contributed by atoms with Crippen molar-refractivity contribution in [3.63, 3.8) is 0 Å². The van der Waals surface area contributed by atoms with E-state index in [2.05, 4.69) is 0 Å². The first-order valence-corrected chi connectivity index (χ1v) is 4.34. The van der Waals surface area contributed by atoms with E-state index < -0.39 is 30.4 Å². The number of hydrogen-bond donors (Lipinski definition) is 1. The number of alkyl halides is 4. The highest BCUT2D eigenvalue weighted by Crippen LogP contribution is 2.44. The van der Waals surface area contributed by atoms with Crippen molar-refractivity contribution in [1.29, 1.82) is 0 Å². The van der Waals surface area contributed by atoms with Crippen LogP contribution in [0.1, 0.15) is 12.0 Å². The third-order valence-corrected chi connectivity index (χ3v) is 2.02. The van der Waals surface area contributed by atoms with Gasteiger partial charge in [0.1, 0.15) is 0 Å². The quantitative estimate of drug-likeness (QED) is 0.776. The molecule has 0 aliphatic heterocycles. The van der Waals surface area contributed by atoms with Crippen molar-refractivity contribution in [3.05, 3.63) is 35.9 Å². The first kappa shape index (κ1) is 12.0. The van der Waals surface area contributed by atoms with Crippen molar-refractivity contribution in [3.8, 4) is 0 Å². The smallest absolute Gasteiger partial charge is 0.335 e. The summed E-state index contributed by atoms with van der Waals surface area (Å²) in [6.07, 6.45) is -1.26. The second kappa shape index (κ2) is 4.18. The largest absolute Gasteiger partial charge is 0.396 e. The molecule has 0 bridgehead atoms. The summed E-state index contributed by atoms with van der Waals surface area (Å²) in [5.74, 6) is -8.49. The van der Waals surface area contributed by atoms with E-state index in [0.717, 1.165) is 12.1 Å². The Labute approximate surface area is 84.3 Å². The minimum absolute atomic E-state index is 0.747. The predicted molar refractivity (Wildman–Crippen MR) is 47.0 cm³/mol. The van der Waals surface area contributed by atoms with E-state index in [1.54, 1.807) is 0 Å². The van der Waals surface area contributed by atoms with Crippen molar-refractivity contribution in [2.45, 2.75) is 18.3 Å². The third-order valence-electron chi connectivity index (χ3n) is 2.02. The second-order valence-electron chi connectivity index (χ2n) is 3.12. The molecule has 0 saturated heterocycles. The fourth-order valence-corrected chi connectivity index (χ4v) is 1.16. The van der Waals surface area contributed by atoms with Gasteiger partial charge in [-0.3, -0.25) is 0 Å². The fraction of sp³-hybridized carbons (Fsp3) is 0.400. The number of benzene rings is 1. The maximum absolute atomic E-state index is 13.3. The van der Waals surface area contributed by atoms with Gasteiger partial charge in [0, 0.05) is 18.6 Å². The molecule has 0 radical (unpaired) electrons. The van der Waals surface area contributed by atoms with Crippen LogP contribution in [0.5, 0.6) is 0 Å². The molecule has 0 saturated carbocycles. The molecule has 1 rings (SSSR count). The molecule has 84 valence electrons. The Morgan fingerprint density at radius 3 is 2.00 bits per heavy atom. The molecule has 15 heavy (non-hydrogen) atoms. The molecule has 0 heterocycles. The summed E-state index contributed by atoms with van der Waals surface area (Å²) in [5.41, 5.74) is -0.747. The van der Waals surface area contributed by atoms with Crippen LogP contribution in [0, 0.1) is 0 Å². The van der Waals surface area contributed by atoms with Gasteiger partial charge in [-0.15, -0.1) is 0 Å². The van der Waals surface area contributed by atoms with Crippen molar-refractivity contribution < 1.29 is 22.7 Å². The molecule has 1 N–H and O–H groups in total. The van der Waals surface area contributed by atoms with E-state index in [4.69, 9.17) is 5.11 Å². The van der Waals surface area contributed by atoms with Crippen LogP contribution >= 0.6 is 0 Å². The van der Waals surface area contributed by atoms with Gasteiger partial charge in [0.25, 0.3) is 0 Å². The van der Waals surface area contributed by atoms with E-state index in [0.29, 0.717) is 0 Å². The average molecular weight is 222 g/mol. The lowest BCUT2D eigenvalue weighted by Gasteiger charge is -2.26. The monoisotopic (exact) mass is 222 g/mol. The SMILES string of the molecule is OCCC(F)(F)C(F)(F)c1ccccc1. The maximum Gasteiger partial charge on any atom is 0.335 e. The van der Waals surface area contributed by atoms with Crippen LogP contribution in [-0.2, 0) is 5.92 Å². The summed E-state index contributed by atoms with van der Waals surface area (Å²) < 4.78 is 52.5. The van der Waals surface area contributed by atoms with Gasteiger partial charge in [-0.25, -0.2) is 0 Å². The first-order chi connectivity index (χ1) is 6.92. The fourth-order valence-electron chi connectivity index (χ4n) is 1.16. The lowest BCUT2D eigenvalue weighted by atomic mass is 10.0. The molecular formula is C10H10F4O. The highest BCUT2D eigenvalue weighted by Gasteiger charge is 2.56. The van der Waals surface area contributed by atoms with Crippen molar-refractivity contribution >= 4 is 0 Å². The van der Waals surface area contributed by atoms with Gasteiger partial charge in [0.05, 0.1) is 0 Å². The van der Waals surface area contributed by atoms with Crippen LogP contribution < -0.4 is 0 Å². The summed E-state index contributed by atoms with van der Waals surface area (Å²) in [5, 5.41) is 8.30. The molecule has 0 unspecified atom stereocenters. The Morgan fingerprint density at radius 1 is 1.00 bits per heavy atom. The van der Waals surface area contributed by atoms with Gasteiger partial charge in [-0.1, -0.05) is 30.3 Å². The molecule has 5 heteroatoms. The van der Waals surface area contributed by atoms with Crippen LogP contribution in [0.3, 0.4) is 0 Å². The zero-order chi connectivity index (χ0) is 11.5. The minimum atomic E-state index is -4.25. The van der Waals surface area contributed by atoms with Crippen LogP contribution in [-0.4, -0.2) is 17.6 Å². The zero-order valence-electron chi connectivity index (χ0n) is 7.76. The van der Waals surface area contributed by atoms with E-state index in [1.807, 2.05) is 0 Å². The number of halogens is 4. The highest BCUT2D eigenvalue weighted by atomic mass is 19.3. The van der Waals surface area contributed by atoms with Crippen LogP contribution in [0.2, 0.25) is 0 Å². The third kappa shape index (κ3) is 2.28. The molecule has 0 amide bonds. The standard InChI is InChI=1S/C10H10F4O/c11-9(12,6-7-15)10(13,14)8-4-2-1-3-5-8/h1-5,15H,6-7H2. The van der Waals surface area contributed by atoms with Gasteiger partial charge in [-0.2, -0.15) is 17.6 Å². The minimum Gasteiger partial charge on any atom is -0.396 e. The van der Waals surface area contributed by atoms with Crippen LogP contribution in [0.25, 0.3) is 0 Å². The molecule has 0 aliphatic rings. The molecule has 1 aromatic carbocycles. The number of rotatable bonds is 4. The van der Waals surface area contributed by atoms with Gasteiger partial charge in [0.15, 0.2) is 0 Å². The first-order valence-electron chi connectivity index (χ1n) is 4.34. The van der Waals surface area contributed by atoms with Gasteiger partial charge >= 0.3 is 11.8 Å². The van der Waals surface area contributed by atoms with Crippen molar-refractivity contribution in [2.24, 2.45) is 0 Å². The molecule has 1 aromatic rings. The van der Waals surface area contributed by atoms with Crippen molar-refractivity contribution in [1.82, 2.24) is 0 Å². The number of aliphatic hydroxyl groups excluding tert-OH is 1. The number of aliphatic hydroxyl groups is 1. The molecule has 1 nitrogen and oxygen atoms in total. The molecule has 0 aromatic heterocycles. The van der Waals surface area contributed by atoms with Crippen LogP contribution in [0.4, 0.5) is 17.6 Å². The van der Waals surface area contributed by atoms with Crippen LogP contribution in [0.15, 0.2) is 30.3 Å². The second-order valence-corrected chi connectivity index (χ2v) is 3.12. The highest BCUT2D eigenvalue weighted by molar-refractivity contribution is 5.22. The van der Waals surface area contributed by atoms with Gasteiger partial charge in [-0.05, 0) is 0 Å². The van der Waals surface area contributed by atoms with Crippen molar-refractivity contribution in [2.75, 3.05) is 6.61 Å². The summed E-state index contributed by atoms with van der Waals surface area (Å²) >= 11 is 0. The Hall–Kier alpha value is -1.10. The molecular weight excluding hydrogens is 212 g/mol. The summed E-state index contributed by atoms with van der Waals surface area (Å²) in [4.78, 5) is 0. The normalized spacial score (nSPS) is 12.9. The van der Waals surface area contributed by atoms with E-state index >= 15 is 0 Å². The molecule has 0 spiro atoms. The van der Waals surface area contributed by atoms with Gasteiger partial charge < -0.3 is 5.11 Å². The summed E-state index contributed by atoms with van der Waals surface area (Å²) in [6, 6.07) is 5.86. The summed E-state index contributed by atoms with van der Waals surface area (Å²) in [7, 11) is 0. The van der Waals surface area contributed by atoms with Gasteiger partial charge in [0.2, 0.25) is 0 Å². The Kier molecular flexibility index (Phi) is 3.34. The lowest BCUT2D eigenvalue weighted by Crippen LogP contribution is -2.38. The zero-order valence-corrected chi connectivity index (χ0v) is 7.76. The van der Waals surface area contributed by atoms with E-state index in [1.165, 1.54) is 18.2 Å². The molecule has 0 atom stereocenters. The number of hydrogen-bond acceptors (Lipinski definition) is 1. The maximum atomic E-state index is 13.3. The Bertz CT molecular complexity index is 310. The average Bonchev–Trinajstić information content (AvgIpc) is 2.19. The molecule has 0 fully saturated rings.